The van der Waals surface area contributed by atoms with E-state index in [1.54, 1.807) is 0 Å². The Morgan fingerprint density at radius 2 is 1.85 bits per heavy atom. The largest absolute Gasteiger partial charge is 0.461 e. The van der Waals surface area contributed by atoms with Crippen LogP contribution in [-0.4, -0.2) is 26.5 Å². The lowest BCUT2D eigenvalue weighted by Crippen LogP contribution is -2.46. The molecule has 4 heteroatoms. The standard InChI is InChI=1S/C23H40O3Si/c1-9-14-17-19-18(15-23(7,8)21(19)25-22(17)24)20(16(6)10-2)26-27(11-3,12-4)13-5/h9-10,16-21H,1-2,11-15H2,3-8H3/t16-,17+,18-,19-,20-,21-/m1/s1. The number of carbonyl (C=O) groups is 1. The van der Waals surface area contributed by atoms with E-state index in [9.17, 15) is 4.79 Å². The van der Waals surface area contributed by atoms with Crippen molar-refractivity contribution in [3.05, 3.63) is 25.3 Å². The summed E-state index contributed by atoms with van der Waals surface area (Å²) >= 11 is 0. The van der Waals surface area contributed by atoms with Crippen LogP contribution in [0.2, 0.25) is 18.1 Å². The van der Waals surface area contributed by atoms with Crippen LogP contribution in [0.25, 0.3) is 0 Å². The van der Waals surface area contributed by atoms with Gasteiger partial charge in [0.1, 0.15) is 6.10 Å². The number of ether oxygens (including phenoxy) is 1. The highest BCUT2D eigenvalue weighted by Crippen LogP contribution is 2.57. The van der Waals surface area contributed by atoms with Gasteiger partial charge in [0.2, 0.25) is 0 Å². The van der Waals surface area contributed by atoms with Crippen LogP contribution >= 0.6 is 0 Å². The van der Waals surface area contributed by atoms with Gasteiger partial charge in [0, 0.05) is 11.3 Å². The summed E-state index contributed by atoms with van der Waals surface area (Å²) in [7, 11) is -1.77. The molecule has 0 bridgehead atoms. The molecule has 0 aromatic heterocycles. The van der Waals surface area contributed by atoms with Gasteiger partial charge in [-0.3, -0.25) is 4.79 Å². The summed E-state index contributed by atoms with van der Waals surface area (Å²) < 4.78 is 13.0. The number of fused-ring (bicyclic) bond motifs is 1. The van der Waals surface area contributed by atoms with Crippen molar-refractivity contribution in [2.75, 3.05) is 0 Å². The third-order valence-electron chi connectivity index (χ3n) is 7.44. The van der Waals surface area contributed by atoms with Crippen LogP contribution in [0.15, 0.2) is 25.3 Å². The Labute approximate surface area is 167 Å². The molecule has 0 aromatic carbocycles. The minimum Gasteiger partial charge on any atom is -0.461 e. The molecule has 2 rings (SSSR count). The molecule has 0 radical (unpaired) electrons. The Kier molecular flexibility index (Phi) is 7.18. The Morgan fingerprint density at radius 3 is 2.33 bits per heavy atom. The highest BCUT2D eigenvalue weighted by Gasteiger charge is 2.61. The molecule has 1 saturated heterocycles. The van der Waals surface area contributed by atoms with E-state index in [0.717, 1.165) is 24.6 Å². The van der Waals surface area contributed by atoms with Crippen molar-refractivity contribution in [2.45, 2.75) is 84.7 Å². The van der Waals surface area contributed by atoms with Crippen LogP contribution < -0.4 is 0 Å². The molecular weight excluding hydrogens is 352 g/mol. The first-order chi connectivity index (χ1) is 12.7. The molecule has 0 spiro atoms. The van der Waals surface area contributed by atoms with Crippen molar-refractivity contribution < 1.29 is 14.0 Å². The molecule has 154 valence electrons. The highest BCUT2D eigenvalue weighted by molar-refractivity contribution is 6.73. The van der Waals surface area contributed by atoms with Gasteiger partial charge in [-0.2, -0.15) is 0 Å². The number of rotatable bonds is 10. The number of carbonyl (C=O) groups excluding carboxylic acids is 1. The summed E-state index contributed by atoms with van der Waals surface area (Å²) in [5.74, 6) is 0.684. The monoisotopic (exact) mass is 392 g/mol. The van der Waals surface area contributed by atoms with Gasteiger partial charge in [0.25, 0.3) is 0 Å². The first kappa shape index (κ1) is 22.4. The van der Waals surface area contributed by atoms with E-state index in [0.29, 0.717) is 12.3 Å². The minimum atomic E-state index is -1.77. The van der Waals surface area contributed by atoms with Gasteiger partial charge in [-0.15, -0.1) is 13.2 Å². The minimum absolute atomic E-state index is 0.0102. The third-order valence-corrected chi connectivity index (χ3v) is 12.1. The van der Waals surface area contributed by atoms with Crippen molar-refractivity contribution in [2.24, 2.45) is 29.1 Å². The molecule has 1 aliphatic heterocycles. The Hall–Kier alpha value is -0.873. The molecular formula is C23H40O3Si. The van der Waals surface area contributed by atoms with E-state index in [1.165, 1.54) is 0 Å². The lowest BCUT2D eigenvalue weighted by Gasteiger charge is -2.40. The van der Waals surface area contributed by atoms with Crippen molar-refractivity contribution in [1.29, 1.82) is 0 Å². The maximum absolute atomic E-state index is 12.6. The molecule has 27 heavy (non-hydrogen) atoms. The predicted molar refractivity (Wildman–Crippen MR) is 115 cm³/mol. The molecule has 2 fully saturated rings. The number of esters is 1. The predicted octanol–water partition coefficient (Wildman–Crippen LogP) is 5.98. The summed E-state index contributed by atoms with van der Waals surface area (Å²) in [5, 5.41) is 0. The van der Waals surface area contributed by atoms with Crippen LogP contribution in [0.1, 0.15) is 54.4 Å². The molecule has 3 nitrogen and oxygen atoms in total. The zero-order valence-electron chi connectivity index (χ0n) is 18.3. The van der Waals surface area contributed by atoms with Gasteiger partial charge < -0.3 is 9.16 Å². The maximum Gasteiger partial charge on any atom is 0.309 e. The van der Waals surface area contributed by atoms with Crippen molar-refractivity contribution in [1.82, 2.24) is 0 Å². The number of hydrogen-bond acceptors (Lipinski definition) is 3. The lowest BCUT2D eigenvalue weighted by molar-refractivity contribution is -0.147. The van der Waals surface area contributed by atoms with Crippen LogP contribution in [0, 0.1) is 29.1 Å². The van der Waals surface area contributed by atoms with Gasteiger partial charge in [-0.05, 0) is 42.8 Å². The molecule has 0 N–H and O–H groups in total. The fourth-order valence-corrected chi connectivity index (χ4v) is 8.46. The summed E-state index contributed by atoms with van der Waals surface area (Å²) in [6.45, 7) is 21.5. The summed E-state index contributed by atoms with van der Waals surface area (Å²) in [6, 6.07) is 3.41. The lowest BCUT2D eigenvalue weighted by atomic mass is 9.77. The highest BCUT2D eigenvalue weighted by atomic mass is 28.4. The topological polar surface area (TPSA) is 35.5 Å². The number of allylic oxidation sites excluding steroid dienone is 1. The van der Waals surface area contributed by atoms with Crippen LogP contribution in [-0.2, 0) is 14.0 Å². The van der Waals surface area contributed by atoms with Gasteiger partial charge in [0.15, 0.2) is 8.32 Å². The molecule has 0 amide bonds. The normalized spacial score (nSPS) is 31.9. The summed E-state index contributed by atoms with van der Waals surface area (Å²) in [4.78, 5) is 12.6. The molecule has 1 aliphatic carbocycles. The van der Waals surface area contributed by atoms with E-state index >= 15 is 0 Å². The van der Waals surface area contributed by atoms with E-state index in [2.05, 4.69) is 54.7 Å². The summed E-state index contributed by atoms with van der Waals surface area (Å²) in [5.41, 5.74) is -0.0156. The van der Waals surface area contributed by atoms with Gasteiger partial charge >= 0.3 is 5.97 Å². The second-order valence-electron chi connectivity index (χ2n) is 9.34. The van der Waals surface area contributed by atoms with Gasteiger partial charge in [-0.1, -0.05) is 53.7 Å². The second-order valence-corrected chi connectivity index (χ2v) is 14.1. The molecule has 0 aromatic rings. The average Bonchev–Trinajstić information content (AvgIpc) is 3.11. The van der Waals surface area contributed by atoms with Gasteiger partial charge in [0.05, 0.1) is 12.0 Å². The van der Waals surface area contributed by atoms with Crippen LogP contribution in [0.4, 0.5) is 0 Å². The molecule has 1 saturated carbocycles. The fourth-order valence-electron chi connectivity index (χ4n) is 5.50. The van der Waals surface area contributed by atoms with E-state index < -0.39 is 8.32 Å². The SMILES string of the molecule is C=CC[C@@H]1C(=O)O[C@@H]2[C@H]1[C@H]([C@H](O[Si](CC)(CC)CC)[C@H](C)C=C)CC2(C)C. The molecule has 1 heterocycles. The van der Waals surface area contributed by atoms with Crippen molar-refractivity contribution >= 4 is 14.3 Å². The van der Waals surface area contributed by atoms with E-state index in [-0.39, 0.29) is 41.3 Å². The Balaban J connectivity index is 2.42. The van der Waals surface area contributed by atoms with Gasteiger partial charge in [-0.25, -0.2) is 0 Å². The molecule has 0 unspecified atom stereocenters. The zero-order valence-corrected chi connectivity index (χ0v) is 19.3. The maximum atomic E-state index is 12.6. The molecule has 2 aliphatic rings. The van der Waals surface area contributed by atoms with E-state index in [4.69, 9.17) is 9.16 Å². The fraction of sp³-hybridized carbons (Fsp3) is 0.783. The Bertz CT molecular complexity index is 544. The first-order valence-corrected chi connectivity index (χ1v) is 13.3. The first-order valence-electron chi connectivity index (χ1n) is 10.8. The van der Waals surface area contributed by atoms with Crippen LogP contribution in [0.5, 0.6) is 0 Å². The third kappa shape index (κ3) is 4.12. The average molecular weight is 393 g/mol. The smallest absolute Gasteiger partial charge is 0.309 e. The second kappa shape index (κ2) is 8.65. The van der Waals surface area contributed by atoms with Crippen molar-refractivity contribution in [3.63, 3.8) is 0 Å². The van der Waals surface area contributed by atoms with Crippen molar-refractivity contribution in [3.8, 4) is 0 Å². The quantitative estimate of drug-likeness (QED) is 0.261. The summed E-state index contributed by atoms with van der Waals surface area (Å²) in [6.07, 6.45) is 5.74. The van der Waals surface area contributed by atoms with Crippen LogP contribution in [0.3, 0.4) is 0 Å². The zero-order chi connectivity index (χ0) is 20.4. The molecule has 6 atom stereocenters. The Morgan fingerprint density at radius 1 is 1.26 bits per heavy atom. The van der Waals surface area contributed by atoms with E-state index in [1.807, 2.05) is 12.2 Å². The number of hydrogen-bond donors (Lipinski definition) is 0.